The van der Waals surface area contributed by atoms with Crippen LogP contribution in [0, 0.1) is 5.41 Å². The first kappa shape index (κ1) is 11.7. The highest BCUT2D eigenvalue weighted by Crippen LogP contribution is 2.27. The second-order valence-electron chi connectivity index (χ2n) is 4.82. The third-order valence-corrected chi connectivity index (χ3v) is 1.96. The molecular weight excluding hydrogens is 151 g/mol. The molecule has 2 atom stereocenters. The second kappa shape index (κ2) is 3.58. The molecule has 0 heterocycles. The number of carbonyl (C=O) groups is 1. The quantitative estimate of drug-likeness (QED) is 0.430. The molecule has 0 saturated heterocycles. The summed E-state index contributed by atoms with van der Waals surface area (Å²) in [5.41, 5.74) is 11.0. The minimum absolute atomic E-state index is 0.222. The van der Waals surface area contributed by atoms with Crippen LogP contribution in [0.25, 0.3) is 0 Å². The molecule has 0 aromatic carbocycles. The van der Waals surface area contributed by atoms with E-state index in [4.69, 9.17) is 11.5 Å². The summed E-state index contributed by atoms with van der Waals surface area (Å²) in [4.78, 5) is 10.5. The molecule has 0 aliphatic heterocycles. The van der Waals surface area contributed by atoms with Gasteiger partial charge in [-0.25, -0.2) is 0 Å². The fraction of sp³-hybridized carbons (Fsp3) is 0.875. The van der Waals surface area contributed by atoms with E-state index in [0.29, 0.717) is 0 Å². The van der Waals surface area contributed by atoms with Crippen molar-refractivity contribution in [1.29, 1.82) is 0 Å². The zero-order valence-electron chi connectivity index (χ0n) is 8.42. The highest BCUT2D eigenvalue weighted by Gasteiger charge is 2.31. The fourth-order valence-corrected chi connectivity index (χ4v) is 1.48. The topological polar surface area (TPSA) is 69.1 Å². The van der Waals surface area contributed by atoms with Crippen molar-refractivity contribution in [2.24, 2.45) is 16.9 Å². The molecule has 0 bridgehead atoms. The molecule has 0 radical (unpaired) electrons. The lowest BCUT2D eigenvalue weighted by atomic mass is 9.67. The molecule has 3 nitrogen and oxygen atoms in total. The van der Waals surface area contributed by atoms with Crippen LogP contribution >= 0.6 is 0 Å². The number of carbonyl (C=O) groups excluding carboxylic acids is 1. The summed E-state index contributed by atoms with van der Waals surface area (Å²) in [6.07, 6.45) is 1.52. The summed E-state index contributed by atoms with van der Waals surface area (Å²) in [6.45, 7) is 5.85. The molecule has 0 saturated carbocycles. The van der Waals surface area contributed by atoms with Crippen molar-refractivity contribution in [3.63, 3.8) is 0 Å². The molecule has 4 N–H and O–H groups in total. The molecule has 0 rings (SSSR count). The molecule has 0 aromatic rings. The molecule has 70 valence electrons. The lowest BCUT2D eigenvalue weighted by Crippen LogP contribution is -2.48. The molecule has 0 aliphatic rings. The van der Waals surface area contributed by atoms with Gasteiger partial charge in [0.15, 0.2) is 0 Å². The van der Waals surface area contributed by atoms with E-state index in [1.165, 1.54) is 0 Å². The molecule has 0 aromatic heterocycles. The van der Waals surface area contributed by atoms with Crippen LogP contribution in [-0.2, 0) is 4.79 Å². The van der Waals surface area contributed by atoms with Crippen LogP contribution in [-0.4, -0.2) is 25.6 Å². The number of hydrogen-bond donors (Lipinski definition) is 2. The minimum Gasteiger partial charge on any atom is -0.333 e. The Labute approximate surface area is 75.3 Å². The van der Waals surface area contributed by atoms with Gasteiger partial charge in [0.2, 0.25) is 0 Å². The summed E-state index contributed by atoms with van der Waals surface area (Å²) in [5, 5.41) is 0. The van der Waals surface area contributed by atoms with Crippen molar-refractivity contribution in [2.75, 3.05) is 0 Å². The molecule has 12 heavy (non-hydrogen) atoms. The largest absolute Gasteiger partial charge is 0.333 e. The predicted octanol–water partition coefficient (Wildman–Crippen LogP) is -0.763. The molecule has 0 amide bonds. The maximum atomic E-state index is 10.5. The SMILES string of the molecule is BC(C)(N)CC(C)(C)C(N)C=O. The third kappa shape index (κ3) is 3.88. The first-order valence-corrected chi connectivity index (χ1v) is 4.19. The first-order valence-electron chi connectivity index (χ1n) is 4.19. The zero-order chi connectivity index (χ0) is 9.99. The monoisotopic (exact) mass is 170 g/mol. The lowest BCUT2D eigenvalue weighted by molar-refractivity contribution is -0.111. The van der Waals surface area contributed by atoms with Crippen LogP contribution < -0.4 is 11.5 Å². The van der Waals surface area contributed by atoms with E-state index < -0.39 is 6.04 Å². The van der Waals surface area contributed by atoms with Crippen molar-refractivity contribution in [1.82, 2.24) is 0 Å². The Morgan fingerprint density at radius 1 is 1.50 bits per heavy atom. The Morgan fingerprint density at radius 3 is 2.17 bits per heavy atom. The van der Waals surface area contributed by atoms with Gasteiger partial charge in [-0.1, -0.05) is 20.8 Å². The van der Waals surface area contributed by atoms with E-state index in [2.05, 4.69) is 0 Å². The number of hydrogen-bond acceptors (Lipinski definition) is 3. The maximum Gasteiger partial charge on any atom is 0.137 e. The molecule has 2 unspecified atom stereocenters. The molecule has 0 spiro atoms. The number of rotatable bonds is 4. The van der Waals surface area contributed by atoms with Crippen molar-refractivity contribution < 1.29 is 4.79 Å². The van der Waals surface area contributed by atoms with Gasteiger partial charge in [-0.3, -0.25) is 0 Å². The predicted molar refractivity (Wildman–Crippen MR) is 53.6 cm³/mol. The van der Waals surface area contributed by atoms with E-state index in [1.54, 1.807) is 0 Å². The summed E-state index contributed by atoms with van der Waals surface area (Å²) in [7, 11) is 1.94. The molecule has 0 aliphatic carbocycles. The fourth-order valence-electron chi connectivity index (χ4n) is 1.48. The second-order valence-corrected chi connectivity index (χ2v) is 4.82. The van der Waals surface area contributed by atoms with Crippen LogP contribution in [0.2, 0.25) is 0 Å². The summed E-state index contributed by atoms with van der Waals surface area (Å²) < 4.78 is 0. The maximum absolute atomic E-state index is 10.5. The summed E-state index contributed by atoms with van der Waals surface area (Å²) in [6, 6.07) is -0.430. The van der Waals surface area contributed by atoms with E-state index in [0.717, 1.165) is 12.7 Å². The average molecular weight is 170 g/mol. The standard InChI is InChI=1S/C8H19BN2O/c1-7(2,6(10)4-12)5-8(3,9)11/h4,6H,5,9-11H2,1-3H3. The molecular formula is C8H19BN2O. The van der Waals surface area contributed by atoms with E-state index >= 15 is 0 Å². The van der Waals surface area contributed by atoms with Gasteiger partial charge in [0, 0.05) is 0 Å². The van der Waals surface area contributed by atoms with Crippen LogP contribution in [0.3, 0.4) is 0 Å². The Balaban J connectivity index is 4.31. The smallest absolute Gasteiger partial charge is 0.137 e. The summed E-state index contributed by atoms with van der Waals surface area (Å²) in [5.74, 6) is 0. The van der Waals surface area contributed by atoms with Crippen LogP contribution in [0.1, 0.15) is 27.2 Å². The highest BCUT2D eigenvalue weighted by molar-refractivity contribution is 6.14. The minimum atomic E-state index is -0.430. The highest BCUT2D eigenvalue weighted by atomic mass is 16.1. The third-order valence-electron chi connectivity index (χ3n) is 1.96. The van der Waals surface area contributed by atoms with Crippen LogP contribution in [0.4, 0.5) is 0 Å². The van der Waals surface area contributed by atoms with Gasteiger partial charge in [0.05, 0.1) is 6.04 Å². The Kier molecular flexibility index (Phi) is 3.48. The van der Waals surface area contributed by atoms with Crippen molar-refractivity contribution >= 4 is 14.1 Å². The normalized spacial score (nSPS) is 19.8. The number of nitrogens with two attached hydrogens (primary N) is 2. The van der Waals surface area contributed by atoms with E-state index in [1.807, 2.05) is 28.6 Å². The van der Waals surface area contributed by atoms with Crippen molar-refractivity contribution in [3.8, 4) is 0 Å². The Hall–Kier alpha value is -0.345. The average Bonchev–Trinajstić information content (AvgIpc) is 1.80. The van der Waals surface area contributed by atoms with Crippen LogP contribution in [0.5, 0.6) is 0 Å². The van der Waals surface area contributed by atoms with Gasteiger partial charge in [-0.2, -0.15) is 0 Å². The Bertz CT molecular complexity index is 163. The lowest BCUT2D eigenvalue weighted by Gasteiger charge is -2.34. The van der Waals surface area contributed by atoms with Crippen molar-refractivity contribution in [3.05, 3.63) is 0 Å². The van der Waals surface area contributed by atoms with Gasteiger partial charge in [0.25, 0.3) is 0 Å². The van der Waals surface area contributed by atoms with Crippen molar-refractivity contribution in [2.45, 2.75) is 38.7 Å². The number of aldehydes is 1. The van der Waals surface area contributed by atoms with E-state index in [-0.39, 0.29) is 10.9 Å². The van der Waals surface area contributed by atoms with Gasteiger partial charge in [0.1, 0.15) is 14.1 Å². The van der Waals surface area contributed by atoms with Gasteiger partial charge < -0.3 is 16.3 Å². The molecule has 0 fully saturated rings. The molecule has 4 heteroatoms. The zero-order valence-corrected chi connectivity index (χ0v) is 8.42. The Morgan fingerprint density at radius 2 is 1.92 bits per heavy atom. The first-order chi connectivity index (χ1) is 5.19. The van der Waals surface area contributed by atoms with E-state index in [9.17, 15) is 4.79 Å². The van der Waals surface area contributed by atoms with Gasteiger partial charge >= 0.3 is 0 Å². The van der Waals surface area contributed by atoms with Gasteiger partial charge in [-0.15, -0.1) is 0 Å². The van der Waals surface area contributed by atoms with Crippen LogP contribution in [0.15, 0.2) is 0 Å². The summed E-state index contributed by atoms with van der Waals surface area (Å²) >= 11 is 0. The van der Waals surface area contributed by atoms with Gasteiger partial charge in [-0.05, 0) is 17.3 Å².